The van der Waals surface area contributed by atoms with Gasteiger partial charge in [-0.05, 0) is 49.1 Å². The molecule has 9 heteroatoms. The molecule has 2 unspecified atom stereocenters. The maximum absolute atomic E-state index is 12.3. The van der Waals surface area contributed by atoms with Crippen LogP contribution in [0, 0.1) is 11.3 Å². The number of nitrogens with two attached hydrogens (primary N) is 1. The van der Waals surface area contributed by atoms with Crippen LogP contribution >= 0.6 is 11.8 Å². The average Bonchev–Trinajstić information content (AvgIpc) is 3.15. The first kappa shape index (κ1) is 23.0. The number of anilines is 1. The number of rotatable bonds is 5. The molecule has 0 radical (unpaired) electrons. The van der Waals surface area contributed by atoms with E-state index in [0.717, 1.165) is 31.3 Å². The molecule has 3 heterocycles. The van der Waals surface area contributed by atoms with Crippen molar-refractivity contribution < 1.29 is 8.78 Å². The van der Waals surface area contributed by atoms with E-state index in [2.05, 4.69) is 26.8 Å². The number of hydrogen-bond acceptors (Lipinski definition) is 6. The van der Waals surface area contributed by atoms with Crippen molar-refractivity contribution in [2.75, 3.05) is 30.5 Å². The topological polar surface area (TPSA) is 94.7 Å². The van der Waals surface area contributed by atoms with Crippen molar-refractivity contribution in [3.63, 3.8) is 0 Å². The molecular weight excluding hydrogens is 394 g/mol. The van der Waals surface area contributed by atoms with Gasteiger partial charge in [0.25, 0.3) is 6.43 Å². The van der Waals surface area contributed by atoms with Crippen LogP contribution in [0.4, 0.5) is 14.5 Å². The summed E-state index contributed by atoms with van der Waals surface area (Å²) in [5.41, 5.74) is 7.82. The summed E-state index contributed by atoms with van der Waals surface area (Å²) in [7, 11) is 0. The number of allylic oxidation sites excluding steroid dienone is 1. The lowest BCUT2D eigenvalue weighted by Crippen LogP contribution is -2.46. The van der Waals surface area contributed by atoms with Gasteiger partial charge in [0.2, 0.25) is 0 Å². The molecule has 0 aliphatic carbocycles. The van der Waals surface area contributed by atoms with Gasteiger partial charge in [0, 0.05) is 31.0 Å². The summed E-state index contributed by atoms with van der Waals surface area (Å²) >= 11 is 1.75. The Hall–Kier alpha value is -2.26. The Bertz CT molecular complexity index is 813. The van der Waals surface area contributed by atoms with E-state index >= 15 is 0 Å². The Labute approximate surface area is 174 Å². The van der Waals surface area contributed by atoms with E-state index < -0.39 is 12.1 Å². The van der Waals surface area contributed by atoms with E-state index in [1.54, 1.807) is 24.2 Å². The van der Waals surface area contributed by atoms with Crippen LogP contribution in [0.15, 0.2) is 30.6 Å². The maximum atomic E-state index is 12.3. The summed E-state index contributed by atoms with van der Waals surface area (Å²) in [6.07, 6.45) is 8.04. The summed E-state index contributed by atoms with van der Waals surface area (Å²) in [6.45, 7) is 3.95. The van der Waals surface area contributed by atoms with E-state index in [9.17, 15) is 8.78 Å². The van der Waals surface area contributed by atoms with Gasteiger partial charge in [-0.2, -0.15) is 11.8 Å². The number of hydrogen-bond donors (Lipinski definition) is 3. The molecule has 0 saturated carbocycles. The zero-order chi connectivity index (χ0) is 21.4. The number of thioether (sulfide) groups is 1. The van der Waals surface area contributed by atoms with Crippen LogP contribution in [0.25, 0.3) is 17.5 Å². The molecule has 6 nitrogen and oxygen atoms in total. The molecule has 1 aliphatic heterocycles. The second-order valence-corrected chi connectivity index (χ2v) is 7.90. The molecule has 2 aromatic rings. The van der Waals surface area contributed by atoms with Gasteiger partial charge in [0.15, 0.2) is 0 Å². The van der Waals surface area contributed by atoms with Gasteiger partial charge >= 0.3 is 0 Å². The highest BCUT2D eigenvalue weighted by Gasteiger charge is 2.22. The van der Waals surface area contributed by atoms with Crippen molar-refractivity contribution in [2.24, 2.45) is 11.7 Å². The Morgan fingerprint density at radius 1 is 1.38 bits per heavy atom. The summed E-state index contributed by atoms with van der Waals surface area (Å²) < 4.78 is 24.7. The van der Waals surface area contributed by atoms with Crippen LogP contribution < -0.4 is 10.6 Å². The third-order valence-corrected chi connectivity index (χ3v) is 4.33. The third kappa shape index (κ3) is 6.93. The van der Waals surface area contributed by atoms with E-state index in [0.29, 0.717) is 23.1 Å². The van der Waals surface area contributed by atoms with Crippen molar-refractivity contribution in [1.82, 2.24) is 15.0 Å². The Kier molecular flexibility index (Phi) is 8.78. The van der Waals surface area contributed by atoms with Crippen molar-refractivity contribution in [1.29, 1.82) is 5.41 Å². The molecule has 0 aromatic carbocycles. The molecule has 158 valence electrons. The number of aromatic amines is 1. The predicted octanol–water partition coefficient (Wildman–Crippen LogP) is 3.92. The molecule has 4 N–H and O–H groups in total. The highest BCUT2D eigenvalue weighted by atomic mass is 32.2. The van der Waals surface area contributed by atoms with E-state index in [-0.39, 0.29) is 6.04 Å². The van der Waals surface area contributed by atoms with E-state index in [1.165, 1.54) is 6.08 Å². The number of halogens is 2. The SMILES string of the molecule is CC1CC(N)CN(c2ccnc(-c3cnc(/C=C\C(=N)C(F)F)[nH]3)c2)C1.CSC. The molecule has 1 aliphatic rings. The average molecular weight is 423 g/mol. The molecule has 0 amide bonds. The first-order valence-electron chi connectivity index (χ1n) is 9.30. The maximum Gasteiger partial charge on any atom is 0.279 e. The molecule has 1 fully saturated rings. The van der Waals surface area contributed by atoms with Crippen LogP contribution in [0.3, 0.4) is 0 Å². The fourth-order valence-corrected chi connectivity index (χ4v) is 3.17. The molecule has 2 atom stereocenters. The second-order valence-electron chi connectivity index (χ2n) is 7.08. The van der Waals surface area contributed by atoms with Crippen LogP contribution in [0.2, 0.25) is 0 Å². The minimum Gasteiger partial charge on any atom is -0.370 e. The van der Waals surface area contributed by atoms with Crippen LogP contribution in [-0.4, -0.2) is 58.7 Å². The van der Waals surface area contributed by atoms with Crippen LogP contribution in [0.5, 0.6) is 0 Å². The zero-order valence-electron chi connectivity index (χ0n) is 16.9. The number of piperidine rings is 1. The molecular formula is C20H28F2N6S. The number of pyridine rings is 1. The lowest BCUT2D eigenvalue weighted by molar-refractivity contribution is 0.226. The minimum absolute atomic E-state index is 0.157. The fourth-order valence-electron chi connectivity index (χ4n) is 3.17. The van der Waals surface area contributed by atoms with Crippen molar-refractivity contribution in [2.45, 2.75) is 25.8 Å². The van der Waals surface area contributed by atoms with Gasteiger partial charge in [-0.25, -0.2) is 13.8 Å². The molecule has 2 aromatic heterocycles. The van der Waals surface area contributed by atoms with Gasteiger partial charge in [0.05, 0.1) is 23.3 Å². The van der Waals surface area contributed by atoms with Crippen molar-refractivity contribution >= 4 is 29.2 Å². The largest absolute Gasteiger partial charge is 0.370 e. The van der Waals surface area contributed by atoms with E-state index in [4.69, 9.17) is 11.1 Å². The smallest absolute Gasteiger partial charge is 0.279 e. The van der Waals surface area contributed by atoms with Gasteiger partial charge in [-0.3, -0.25) is 10.4 Å². The number of aromatic nitrogens is 3. The van der Waals surface area contributed by atoms with Crippen LogP contribution in [0.1, 0.15) is 19.2 Å². The lowest BCUT2D eigenvalue weighted by atomic mass is 9.96. The Morgan fingerprint density at radius 2 is 2.10 bits per heavy atom. The minimum atomic E-state index is -2.79. The molecule has 29 heavy (non-hydrogen) atoms. The quantitative estimate of drug-likeness (QED) is 0.635. The predicted molar refractivity (Wildman–Crippen MR) is 118 cm³/mol. The lowest BCUT2D eigenvalue weighted by Gasteiger charge is -2.36. The van der Waals surface area contributed by atoms with Gasteiger partial charge < -0.3 is 15.6 Å². The molecule has 0 bridgehead atoms. The van der Waals surface area contributed by atoms with Crippen molar-refractivity contribution in [3.8, 4) is 11.4 Å². The Balaban J connectivity index is 0.000000941. The third-order valence-electron chi connectivity index (χ3n) is 4.33. The zero-order valence-corrected chi connectivity index (χ0v) is 17.7. The standard InChI is InChI=1S/C18H22F2N6.C2H6S/c1-11-6-12(21)10-26(9-11)13-4-5-23-15(7-13)16-8-24-17(25-16)3-2-14(22)18(19)20;1-3-2/h2-5,7-8,11-12,18,22H,6,9-10,21H2,1H3,(H,24,25);1-2H3/b3-2-,22-14?;. The fraction of sp³-hybridized carbons (Fsp3) is 0.450. The molecule has 3 rings (SSSR count). The Morgan fingerprint density at radius 3 is 2.76 bits per heavy atom. The van der Waals surface area contributed by atoms with Gasteiger partial charge in [-0.1, -0.05) is 6.92 Å². The van der Waals surface area contributed by atoms with E-state index in [1.807, 2.05) is 24.6 Å². The monoisotopic (exact) mass is 422 g/mol. The van der Waals surface area contributed by atoms with Gasteiger partial charge in [0.1, 0.15) is 5.82 Å². The number of imidazole rings is 1. The van der Waals surface area contributed by atoms with Crippen molar-refractivity contribution in [3.05, 3.63) is 36.4 Å². The highest BCUT2D eigenvalue weighted by Crippen LogP contribution is 2.25. The van der Waals surface area contributed by atoms with Crippen LogP contribution in [-0.2, 0) is 0 Å². The molecule has 1 saturated heterocycles. The summed E-state index contributed by atoms with van der Waals surface area (Å²) in [6, 6.07) is 4.08. The number of nitrogens with one attached hydrogen (secondary N) is 2. The second kappa shape index (κ2) is 11.1. The highest BCUT2D eigenvalue weighted by molar-refractivity contribution is 7.97. The normalized spacial score (nSPS) is 19.3. The summed E-state index contributed by atoms with van der Waals surface area (Å²) in [5.74, 6) is 0.927. The number of H-pyrrole nitrogens is 1. The first-order chi connectivity index (χ1) is 13.8. The number of alkyl halides is 2. The number of nitrogens with zero attached hydrogens (tertiary/aromatic N) is 3. The molecule has 0 spiro atoms. The summed E-state index contributed by atoms with van der Waals surface area (Å²) in [5, 5.41) is 7.13. The van der Waals surface area contributed by atoms with Gasteiger partial charge in [-0.15, -0.1) is 0 Å². The summed E-state index contributed by atoms with van der Waals surface area (Å²) in [4.78, 5) is 13.8. The first-order valence-corrected chi connectivity index (χ1v) is 10.9.